The van der Waals surface area contributed by atoms with Crippen LogP contribution in [0.25, 0.3) is 22.3 Å². The van der Waals surface area contributed by atoms with Gasteiger partial charge in [-0.15, -0.1) is 0 Å². The average Bonchev–Trinajstić information content (AvgIpc) is 3.34. The second kappa shape index (κ2) is 12.8. The van der Waals surface area contributed by atoms with Gasteiger partial charge in [0.05, 0.1) is 6.42 Å². The van der Waals surface area contributed by atoms with Crippen molar-refractivity contribution in [3.05, 3.63) is 90.0 Å². The number of aliphatic carboxylic acids is 1. The van der Waals surface area contributed by atoms with E-state index in [1.165, 1.54) is 18.4 Å². The zero-order chi connectivity index (χ0) is 26.0. The fraction of sp³-hybridized carbons (Fsp3) is 0.290. The van der Waals surface area contributed by atoms with Crippen LogP contribution in [0.2, 0.25) is 0 Å². The number of rotatable bonds is 13. The maximum Gasteiger partial charge on any atom is 0.305 e. The average molecular weight is 499 g/mol. The quantitative estimate of drug-likeness (QED) is 0.174. The molecule has 1 atom stereocenters. The summed E-state index contributed by atoms with van der Waals surface area (Å²) in [5.74, 6) is -0.326. The van der Waals surface area contributed by atoms with Crippen LogP contribution >= 0.6 is 0 Å². The summed E-state index contributed by atoms with van der Waals surface area (Å²) in [6.45, 7) is 2.32. The van der Waals surface area contributed by atoms with Gasteiger partial charge in [0.1, 0.15) is 11.3 Å². The molecule has 1 aromatic heterocycles. The highest BCUT2D eigenvalue weighted by molar-refractivity contribution is 5.94. The molecule has 0 aliphatic heterocycles. The largest absolute Gasteiger partial charge is 0.481 e. The smallest absolute Gasteiger partial charge is 0.305 e. The molecule has 0 bridgehead atoms. The summed E-state index contributed by atoms with van der Waals surface area (Å²) in [5, 5.41) is 16.1. The molecule has 0 saturated carbocycles. The Bertz CT molecular complexity index is 1280. The van der Waals surface area contributed by atoms with E-state index in [0.29, 0.717) is 5.56 Å². The van der Waals surface area contributed by atoms with Crippen LogP contribution in [0.1, 0.15) is 54.9 Å². The van der Waals surface area contributed by atoms with Crippen molar-refractivity contribution in [2.45, 2.75) is 51.5 Å². The molecule has 0 aliphatic rings. The number of carbonyl (C=O) groups is 2. The zero-order valence-electron chi connectivity index (χ0n) is 21.2. The lowest BCUT2D eigenvalue weighted by Crippen LogP contribution is -2.26. The van der Waals surface area contributed by atoms with Gasteiger partial charge in [0, 0.05) is 34.8 Å². The molecule has 0 spiro atoms. The van der Waals surface area contributed by atoms with E-state index in [0.717, 1.165) is 47.2 Å². The number of nitrogens with one attached hydrogen (secondary N) is 2. The summed E-state index contributed by atoms with van der Waals surface area (Å²) < 4.78 is 6.01. The third-order valence-electron chi connectivity index (χ3n) is 6.44. The van der Waals surface area contributed by atoms with Crippen molar-refractivity contribution < 1.29 is 19.1 Å². The Morgan fingerprint density at radius 2 is 1.70 bits per heavy atom. The zero-order valence-corrected chi connectivity index (χ0v) is 21.2. The number of furan rings is 1. The summed E-state index contributed by atoms with van der Waals surface area (Å²) >= 11 is 0. The monoisotopic (exact) mass is 498 g/mol. The molecule has 1 unspecified atom stereocenters. The summed E-state index contributed by atoms with van der Waals surface area (Å²) in [7, 11) is 0. The molecule has 0 saturated heterocycles. The van der Waals surface area contributed by atoms with Crippen LogP contribution in [0.5, 0.6) is 0 Å². The van der Waals surface area contributed by atoms with Crippen molar-refractivity contribution in [2.75, 3.05) is 11.9 Å². The summed E-state index contributed by atoms with van der Waals surface area (Å²) in [5.41, 5.74) is 4.68. The first-order valence-electron chi connectivity index (χ1n) is 13.0. The fourth-order valence-electron chi connectivity index (χ4n) is 4.42. The first-order valence-corrected chi connectivity index (χ1v) is 13.0. The maximum atomic E-state index is 12.2. The molecule has 4 aromatic rings. The van der Waals surface area contributed by atoms with Crippen molar-refractivity contribution in [1.82, 2.24) is 5.32 Å². The third kappa shape index (κ3) is 7.46. The van der Waals surface area contributed by atoms with Gasteiger partial charge in [-0.05, 0) is 54.8 Å². The highest BCUT2D eigenvalue weighted by atomic mass is 16.4. The highest BCUT2D eigenvalue weighted by Gasteiger charge is 2.12. The van der Waals surface area contributed by atoms with E-state index in [2.05, 4.69) is 54.0 Å². The Balaban J connectivity index is 1.39. The van der Waals surface area contributed by atoms with Crippen molar-refractivity contribution in [3.8, 4) is 11.3 Å². The van der Waals surface area contributed by atoms with Gasteiger partial charge in [0.25, 0.3) is 5.91 Å². The van der Waals surface area contributed by atoms with E-state index >= 15 is 0 Å². The molecule has 0 fully saturated rings. The standard InChI is InChI=1S/C31H34N2O4/c1-2-3-4-8-27(33-26-16-14-24(15-17-26)31(36)32-19-18-30(34)35)20-22-10-12-23(13-11-22)29-21-25-7-5-6-9-28(25)37-29/h5-7,9-17,21,27,33H,2-4,8,18-20H2,1H3,(H,32,36)(H,34,35). The molecule has 1 amide bonds. The Kier molecular flexibility index (Phi) is 8.98. The molecule has 192 valence electrons. The number of fused-ring (bicyclic) bond motifs is 1. The number of carbonyl (C=O) groups excluding carboxylic acids is 1. The van der Waals surface area contributed by atoms with E-state index in [1.807, 2.05) is 30.3 Å². The second-order valence-corrected chi connectivity index (χ2v) is 9.36. The summed E-state index contributed by atoms with van der Waals surface area (Å²) in [4.78, 5) is 22.9. The van der Waals surface area contributed by atoms with Gasteiger partial charge in [0.15, 0.2) is 0 Å². The van der Waals surface area contributed by atoms with Gasteiger partial charge in [0.2, 0.25) is 0 Å². The van der Waals surface area contributed by atoms with Gasteiger partial charge < -0.3 is 20.2 Å². The predicted octanol–water partition coefficient (Wildman–Crippen LogP) is 6.91. The maximum absolute atomic E-state index is 12.2. The predicted molar refractivity (Wildman–Crippen MR) is 148 cm³/mol. The number of benzene rings is 3. The Labute approximate surface area is 217 Å². The minimum absolute atomic E-state index is 0.0932. The number of hydrogen-bond donors (Lipinski definition) is 3. The van der Waals surface area contributed by atoms with E-state index in [1.54, 1.807) is 12.1 Å². The number of amides is 1. The number of carboxylic acid groups (broad SMARTS) is 1. The molecular weight excluding hydrogens is 464 g/mol. The normalized spacial score (nSPS) is 11.8. The second-order valence-electron chi connectivity index (χ2n) is 9.36. The number of para-hydroxylation sites is 1. The van der Waals surface area contributed by atoms with Crippen molar-refractivity contribution in [1.29, 1.82) is 0 Å². The van der Waals surface area contributed by atoms with Crippen molar-refractivity contribution in [2.24, 2.45) is 0 Å². The Hall–Kier alpha value is -4.06. The molecule has 1 heterocycles. The molecule has 3 N–H and O–H groups in total. The van der Waals surface area contributed by atoms with Crippen molar-refractivity contribution >= 4 is 28.5 Å². The lowest BCUT2D eigenvalue weighted by atomic mass is 9.98. The van der Waals surface area contributed by atoms with E-state index in [-0.39, 0.29) is 24.9 Å². The number of unbranched alkanes of at least 4 members (excludes halogenated alkanes) is 2. The first kappa shape index (κ1) is 26.0. The van der Waals surface area contributed by atoms with Crippen LogP contribution in [0, 0.1) is 0 Å². The van der Waals surface area contributed by atoms with Gasteiger partial charge in [-0.3, -0.25) is 9.59 Å². The van der Waals surface area contributed by atoms with Crippen LogP contribution in [-0.2, 0) is 11.2 Å². The van der Waals surface area contributed by atoms with Gasteiger partial charge >= 0.3 is 5.97 Å². The van der Waals surface area contributed by atoms with Gasteiger partial charge in [-0.2, -0.15) is 0 Å². The molecule has 0 radical (unpaired) electrons. The van der Waals surface area contributed by atoms with Crippen LogP contribution < -0.4 is 10.6 Å². The van der Waals surface area contributed by atoms with Gasteiger partial charge in [-0.1, -0.05) is 68.7 Å². The number of anilines is 1. The minimum atomic E-state index is -0.932. The number of carboxylic acids is 1. The topological polar surface area (TPSA) is 91.6 Å². The van der Waals surface area contributed by atoms with Crippen LogP contribution in [0.15, 0.2) is 83.3 Å². The Morgan fingerprint density at radius 3 is 2.41 bits per heavy atom. The molecule has 4 rings (SSSR count). The summed E-state index contributed by atoms with van der Waals surface area (Å²) in [6.07, 6.45) is 5.36. The molecule has 0 aliphatic carbocycles. The van der Waals surface area contributed by atoms with E-state index in [9.17, 15) is 9.59 Å². The molecule has 6 heteroatoms. The fourth-order valence-corrected chi connectivity index (χ4v) is 4.42. The minimum Gasteiger partial charge on any atom is -0.481 e. The van der Waals surface area contributed by atoms with E-state index < -0.39 is 5.97 Å². The third-order valence-corrected chi connectivity index (χ3v) is 6.44. The van der Waals surface area contributed by atoms with Crippen molar-refractivity contribution in [3.63, 3.8) is 0 Å². The van der Waals surface area contributed by atoms with Crippen LogP contribution in [0.4, 0.5) is 5.69 Å². The molecule has 3 aromatic carbocycles. The van der Waals surface area contributed by atoms with E-state index in [4.69, 9.17) is 9.52 Å². The van der Waals surface area contributed by atoms with Crippen LogP contribution in [-0.4, -0.2) is 29.6 Å². The molecule has 6 nitrogen and oxygen atoms in total. The van der Waals surface area contributed by atoms with Crippen LogP contribution in [0.3, 0.4) is 0 Å². The lowest BCUT2D eigenvalue weighted by Gasteiger charge is -2.20. The summed E-state index contributed by atoms with van der Waals surface area (Å²) in [6, 6.07) is 26.3. The first-order chi connectivity index (χ1) is 18.0. The molecular formula is C31H34N2O4. The number of hydrogen-bond acceptors (Lipinski definition) is 4. The van der Waals surface area contributed by atoms with Gasteiger partial charge in [-0.25, -0.2) is 0 Å². The molecule has 37 heavy (non-hydrogen) atoms. The highest BCUT2D eigenvalue weighted by Crippen LogP contribution is 2.28. The SMILES string of the molecule is CCCCCC(Cc1ccc(-c2cc3ccccc3o2)cc1)Nc1ccc(C(=O)NCCC(=O)O)cc1. The lowest BCUT2D eigenvalue weighted by molar-refractivity contribution is -0.136. The Morgan fingerprint density at radius 1 is 0.946 bits per heavy atom.